The van der Waals surface area contributed by atoms with Gasteiger partial charge in [0.15, 0.2) is 0 Å². The van der Waals surface area contributed by atoms with Crippen molar-refractivity contribution in [3.05, 3.63) is 181 Å². The molecule has 9 rings (SSSR count). The molecule has 0 bridgehead atoms. The fourth-order valence-corrected chi connectivity index (χ4v) is 6.67. The fraction of sp³-hybridized carbons (Fsp3) is 0.0238. The van der Waals surface area contributed by atoms with Crippen molar-refractivity contribution < 1.29 is 4.42 Å². The normalized spacial score (nSPS) is 14.7. The van der Waals surface area contributed by atoms with Gasteiger partial charge in [0.05, 0.1) is 28.7 Å². The highest BCUT2D eigenvalue weighted by Gasteiger charge is 2.20. The summed E-state index contributed by atoms with van der Waals surface area (Å²) in [6.07, 6.45) is 3.99. The topological polar surface area (TPSA) is 42.5 Å². The van der Waals surface area contributed by atoms with Crippen LogP contribution in [0.25, 0.3) is 55.3 Å². The first-order chi connectivity index (χ1) is 22.8. The van der Waals surface area contributed by atoms with Crippen LogP contribution < -0.4 is 5.32 Å². The third-order valence-corrected chi connectivity index (χ3v) is 8.94. The van der Waals surface area contributed by atoms with Crippen LogP contribution in [0.2, 0.25) is 0 Å². The maximum Gasteiger partial charge on any atom is 0.143 e. The van der Waals surface area contributed by atoms with Gasteiger partial charge < -0.3 is 14.3 Å². The molecule has 3 heterocycles. The Morgan fingerprint density at radius 1 is 0.565 bits per heavy atom. The van der Waals surface area contributed by atoms with E-state index in [0.717, 1.165) is 61.3 Å². The van der Waals surface area contributed by atoms with Gasteiger partial charge >= 0.3 is 0 Å². The highest BCUT2D eigenvalue weighted by Crippen LogP contribution is 2.37. The largest absolute Gasteiger partial charge is 0.464 e. The third kappa shape index (κ3) is 4.42. The number of para-hydroxylation sites is 1. The van der Waals surface area contributed by atoms with Crippen LogP contribution in [0.4, 0.5) is 0 Å². The molecule has 6 aromatic carbocycles. The number of furan rings is 1. The van der Waals surface area contributed by atoms with Crippen LogP contribution in [0.3, 0.4) is 0 Å². The monoisotopic (exact) mass is 591 g/mol. The summed E-state index contributed by atoms with van der Waals surface area (Å²) in [5.74, 6) is 0.851. The SMILES string of the molecule is C1=C(c2ccccc2)NC(c2ccc(-n3c4ccccc4c4c5occc5ccc43)cc2)=NC1c1ccc(-c2ccccc2)cc1. The highest BCUT2D eigenvalue weighted by molar-refractivity contribution is 6.19. The zero-order valence-electron chi connectivity index (χ0n) is 25.0. The van der Waals surface area contributed by atoms with Crippen LogP contribution >= 0.6 is 0 Å². The number of nitrogens with one attached hydrogen (secondary N) is 1. The van der Waals surface area contributed by atoms with Gasteiger partial charge in [0.2, 0.25) is 0 Å². The molecule has 46 heavy (non-hydrogen) atoms. The zero-order chi connectivity index (χ0) is 30.5. The minimum absolute atomic E-state index is 0.121. The lowest BCUT2D eigenvalue weighted by Gasteiger charge is -2.23. The van der Waals surface area contributed by atoms with E-state index in [9.17, 15) is 0 Å². The molecule has 4 nitrogen and oxygen atoms in total. The molecule has 1 unspecified atom stereocenters. The van der Waals surface area contributed by atoms with Crippen molar-refractivity contribution in [1.82, 2.24) is 9.88 Å². The number of hydrogen-bond acceptors (Lipinski definition) is 3. The fourth-order valence-electron chi connectivity index (χ4n) is 6.67. The Balaban J connectivity index is 1.11. The number of rotatable bonds is 5. The number of nitrogens with zero attached hydrogens (tertiary/aromatic N) is 2. The Morgan fingerprint density at radius 2 is 1.24 bits per heavy atom. The number of fused-ring (bicyclic) bond motifs is 5. The molecule has 0 amide bonds. The van der Waals surface area contributed by atoms with Crippen molar-refractivity contribution in [3.63, 3.8) is 0 Å². The van der Waals surface area contributed by atoms with Gasteiger partial charge in [-0.2, -0.15) is 0 Å². The molecular weight excluding hydrogens is 562 g/mol. The molecule has 0 saturated heterocycles. The summed E-state index contributed by atoms with van der Waals surface area (Å²) >= 11 is 0. The van der Waals surface area contributed by atoms with Gasteiger partial charge in [-0.15, -0.1) is 0 Å². The van der Waals surface area contributed by atoms with Crippen molar-refractivity contribution in [2.45, 2.75) is 6.04 Å². The lowest BCUT2D eigenvalue weighted by atomic mass is 9.98. The smallest absolute Gasteiger partial charge is 0.143 e. The van der Waals surface area contributed by atoms with E-state index in [1.54, 1.807) is 6.26 Å². The van der Waals surface area contributed by atoms with E-state index >= 15 is 0 Å². The summed E-state index contributed by atoms with van der Waals surface area (Å²) in [6.45, 7) is 0. The predicted octanol–water partition coefficient (Wildman–Crippen LogP) is 10.3. The molecule has 1 N–H and O–H groups in total. The molecule has 0 aliphatic carbocycles. The first-order valence-corrected chi connectivity index (χ1v) is 15.6. The van der Waals surface area contributed by atoms with Gasteiger partial charge in [0, 0.05) is 27.7 Å². The van der Waals surface area contributed by atoms with E-state index < -0.39 is 0 Å². The number of amidine groups is 1. The minimum atomic E-state index is -0.121. The molecule has 2 aromatic heterocycles. The number of aliphatic imine (C=N–C) groups is 1. The number of hydrogen-bond donors (Lipinski definition) is 1. The Hall–Kier alpha value is -6.13. The zero-order valence-corrected chi connectivity index (χ0v) is 25.0. The van der Waals surface area contributed by atoms with Crippen molar-refractivity contribution in [2.75, 3.05) is 0 Å². The summed E-state index contributed by atoms with van der Waals surface area (Å²) in [7, 11) is 0. The number of aromatic nitrogens is 1. The molecule has 0 fully saturated rings. The highest BCUT2D eigenvalue weighted by atomic mass is 16.3. The van der Waals surface area contributed by atoms with E-state index in [4.69, 9.17) is 9.41 Å². The summed E-state index contributed by atoms with van der Waals surface area (Å²) in [5.41, 5.74) is 11.1. The standard InChI is InChI=1S/C42H29N3O/c1-3-9-28(10-4-1)29-15-17-31(18-16-29)37-27-36(30-11-5-2-6-12-30)43-42(44-37)33-19-22-34(23-20-33)45-38-14-8-7-13-35(38)40-39(45)24-21-32-25-26-46-41(32)40/h1-27,37H,(H,43,44). The summed E-state index contributed by atoms with van der Waals surface area (Å²) in [5, 5.41) is 7.07. The first kappa shape index (κ1) is 26.3. The van der Waals surface area contributed by atoms with Gasteiger partial charge in [-0.1, -0.05) is 103 Å². The van der Waals surface area contributed by atoms with Crippen molar-refractivity contribution >= 4 is 44.3 Å². The predicted molar refractivity (Wildman–Crippen MR) is 189 cm³/mol. The maximum absolute atomic E-state index is 5.97. The van der Waals surface area contributed by atoms with Gasteiger partial charge in [-0.25, -0.2) is 0 Å². The first-order valence-electron chi connectivity index (χ1n) is 15.6. The molecule has 4 heteroatoms. The van der Waals surface area contributed by atoms with E-state index in [1.165, 1.54) is 16.5 Å². The molecular formula is C42H29N3O. The second-order valence-electron chi connectivity index (χ2n) is 11.7. The van der Waals surface area contributed by atoms with Gasteiger partial charge in [0.25, 0.3) is 0 Å². The van der Waals surface area contributed by atoms with E-state index in [1.807, 2.05) is 18.2 Å². The molecule has 218 valence electrons. The average Bonchev–Trinajstić information content (AvgIpc) is 3.75. The van der Waals surface area contributed by atoms with Crippen molar-refractivity contribution in [2.24, 2.45) is 4.99 Å². The summed E-state index contributed by atoms with van der Waals surface area (Å²) < 4.78 is 8.28. The van der Waals surface area contributed by atoms with E-state index in [2.05, 4.69) is 149 Å². The molecule has 1 aliphatic heterocycles. The lowest BCUT2D eigenvalue weighted by Crippen LogP contribution is -2.27. The quantitative estimate of drug-likeness (QED) is 0.216. The molecule has 0 saturated carbocycles. The van der Waals surface area contributed by atoms with Crippen molar-refractivity contribution in [3.8, 4) is 16.8 Å². The molecule has 0 spiro atoms. The minimum Gasteiger partial charge on any atom is -0.464 e. The van der Waals surface area contributed by atoms with Crippen molar-refractivity contribution in [1.29, 1.82) is 0 Å². The van der Waals surface area contributed by atoms with Crippen LogP contribution in [0.15, 0.2) is 173 Å². The Bertz CT molecular complexity index is 2410. The lowest BCUT2D eigenvalue weighted by molar-refractivity contribution is 0.619. The third-order valence-electron chi connectivity index (χ3n) is 8.94. The summed E-state index contributed by atoms with van der Waals surface area (Å²) in [6, 6.07) is 53.2. The maximum atomic E-state index is 5.97. The van der Waals surface area contributed by atoms with E-state index in [-0.39, 0.29) is 6.04 Å². The van der Waals surface area contributed by atoms with Crippen LogP contribution in [-0.2, 0) is 0 Å². The Kier molecular flexibility index (Phi) is 6.17. The second-order valence-corrected chi connectivity index (χ2v) is 11.7. The molecule has 1 atom stereocenters. The Labute approximate surface area is 266 Å². The van der Waals surface area contributed by atoms with Gasteiger partial charge in [-0.05, 0) is 76.9 Å². The molecule has 8 aromatic rings. The Morgan fingerprint density at radius 3 is 2.02 bits per heavy atom. The number of benzene rings is 6. The molecule has 0 radical (unpaired) electrons. The van der Waals surface area contributed by atoms with Gasteiger partial charge in [0.1, 0.15) is 11.4 Å². The molecule has 1 aliphatic rings. The summed E-state index contributed by atoms with van der Waals surface area (Å²) in [4.78, 5) is 5.23. The van der Waals surface area contributed by atoms with Crippen LogP contribution in [-0.4, -0.2) is 10.4 Å². The average molecular weight is 592 g/mol. The van der Waals surface area contributed by atoms with Gasteiger partial charge in [-0.3, -0.25) is 4.99 Å². The van der Waals surface area contributed by atoms with E-state index in [0.29, 0.717) is 0 Å². The second kappa shape index (κ2) is 10.8. The van der Waals surface area contributed by atoms with Crippen LogP contribution in [0, 0.1) is 0 Å². The van der Waals surface area contributed by atoms with Crippen LogP contribution in [0.5, 0.6) is 0 Å². The van der Waals surface area contributed by atoms with Crippen LogP contribution in [0.1, 0.15) is 22.7 Å².